The highest BCUT2D eigenvalue weighted by atomic mass is 19.1. The van der Waals surface area contributed by atoms with Crippen molar-refractivity contribution in [1.29, 1.82) is 0 Å². The Bertz CT molecular complexity index is 453. The number of nitro benzene ring substituents is 1. The van der Waals surface area contributed by atoms with Crippen LogP contribution in [0.5, 0.6) is 5.75 Å². The molecule has 19 heavy (non-hydrogen) atoms. The Labute approximate surface area is 108 Å². The third-order valence-corrected chi connectivity index (χ3v) is 3.05. The van der Waals surface area contributed by atoms with Crippen molar-refractivity contribution in [2.75, 3.05) is 26.2 Å². The average Bonchev–Trinajstić information content (AvgIpc) is 2.80. The standard InChI is InChI=1S/C12H14F2N2O3/c13-10-7-9(8-11(14)12(10)16(17)18)19-6-5-15-3-1-2-4-15/h7-8H,1-6H2. The lowest BCUT2D eigenvalue weighted by Gasteiger charge is -2.14. The molecule has 0 amide bonds. The van der Waals surface area contributed by atoms with Crippen molar-refractivity contribution in [3.63, 3.8) is 0 Å². The van der Waals surface area contributed by atoms with Gasteiger partial charge in [0.2, 0.25) is 11.6 Å². The van der Waals surface area contributed by atoms with Gasteiger partial charge in [-0.25, -0.2) is 0 Å². The molecule has 1 aliphatic rings. The van der Waals surface area contributed by atoms with E-state index in [1.54, 1.807) is 0 Å². The molecule has 0 unspecified atom stereocenters. The van der Waals surface area contributed by atoms with Crippen molar-refractivity contribution in [2.45, 2.75) is 12.8 Å². The first-order valence-electron chi connectivity index (χ1n) is 6.06. The summed E-state index contributed by atoms with van der Waals surface area (Å²) >= 11 is 0. The van der Waals surface area contributed by atoms with Gasteiger partial charge in [-0.05, 0) is 25.9 Å². The number of ether oxygens (including phenoxy) is 1. The number of rotatable bonds is 5. The van der Waals surface area contributed by atoms with Gasteiger partial charge in [0.15, 0.2) is 0 Å². The molecule has 0 bridgehead atoms. The SMILES string of the molecule is O=[N+]([O-])c1c(F)cc(OCCN2CCCC2)cc1F. The van der Waals surface area contributed by atoms with E-state index in [9.17, 15) is 18.9 Å². The van der Waals surface area contributed by atoms with Crippen LogP contribution in [0.2, 0.25) is 0 Å². The monoisotopic (exact) mass is 272 g/mol. The Morgan fingerprint density at radius 3 is 2.37 bits per heavy atom. The molecular weight excluding hydrogens is 258 g/mol. The van der Waals surface area contributed by atoms with Gasteiger partial charge in [-0.2, -0.15) is 8.78 Å². The number of hydrogen-bond acceptors (Lipinski definition) is 4. The minimum atomic E-state index is -1.22. The Morgan fingerprint density at radius 1 is 1.26 bits per heavy atom. The summed E-state index contributed by atoms with van der Waals surface area (Å²) in [4.78, 5) is 11.5. The summed E-state index contributed by atoms with van der Waals surface area (Å²) in [6.45, 7) is 3.00. The summed E-state index contributed by atoms with van der Waals surface area (Å²) in [7, 11) is 0. The number of nitrogens with zero attached hydrogens (tertiary/aromatic N) is 2. The first kappa shape index (κ1) is 13.7. The van der Waals surface area contributed by atoms with E-state index in [4.69, 9.17) is 4.74 Å². The van der Waals surface area contributed by atoms with Crippen LogP contribution in [0.15, 0.2) is 12.1 Å². The number of benzene rings is 1. The number of likely N-dealkylation sites (tertiary alicyclic amines) is 1. The van der Waals surface area contributed by atoms with Gasteiger partial charge in [-0.15, -0.1) is 0 Å². The van der Waals surface area contributed by atoms with Crippen molar-refractivity contribution in [3.8, 4) is 5.75 Å². The fourth-order valence-electron chi connectivity index (χ4n) is 2.10. The van der Waals surface area contributed by atoms with Crippen molar-refractivity contribution >= 4 is 5.69 Å². The second-order valence-electron chi connectivity index (χ2n) is 4.39. The second-order valence-corrected chi connectivity index (χ2v) is 4.39. The van der Waals surface area contributed by atoms with Crippen LogP contribution in [0.4, 0.5) is 14.5 Å². The summed E-state index contributed by atoms with van der Waals surface area (Å²) < 4.78 is 31.9. The predicted molar refractivity (Wildman–Crippen MR) is 64.2 cm³/mol. The van der Waals surface area contributed by atoms with E-state index in [0.717, 1.165) is 38.1 Å². The molecule has 2 rings (SSSR count). The normalized spacial score (nSPS) is 15.7. The van der Waals surface area contributed by atoms with E-state index in [2.05, 4.69) is 4.90 Å². The summed E-state index contributed by atoms with van der Waals surface area (Å²) in [5.41, 5.74) is -1.15. The predicted octanol–water partition coefficient (Wildman–Crippen LogP) is 2.35. The lowest BCUT2D eigenvalue weighted by Crippen LogP contribution is -2.25. The lowest BCUT2D eigenvalue weighted by molar-refractivity contribution is -0.390. The number of halogens is 2. The molecule has 1 aromatic rings. The first-order valence-corrected chi connectivity index (χ1v) is 6.06. The number of nitro groups is 1. The zero-order valence-corrected chi connectivity index (χ0v) is 10.3. The maximum atomic E-state index is 13.3. The lowest BCUT2D eigenvalue weighted by atomic mass is 10.3. The van der Waals surface area contributed by atoms with Crippen LogP contribution in [0.25, 0.3) is 0 Å². The smallest absolute Gasteiger partial charge is 0.340 e. The van der Waals surface area contributed by atoms with Gasteiger partial charge < -0.3 is 4.74 Å². The Balaban J connectivity index is 1.95. The molecule has 1 fully saturated rings. The molecule has 0 N–H and O–H groups in total. The average molecular weight is 272 g/mol. The summed E-state index contributed by atoms with van der Waals surface area (Å²) in [6.07, 6.45) is 2.31. The van der Waals surface area contributed by atoms with Gasteiger partial charge in [0.1, 0.15) is 12.4 Å². The number of hydrogen-bond donors (Lipinski definition) is 0. The third kappa shape index (κ3) is 3.37. The Morgan fingerprint density at radius 2 is 1.84 bits per heavy atom. The highest BCUT2D eigenvalue weighted by molar-refractivity contribution is 5.39. The van der Waals surface area contributed by atoms with Crippen LogP contribution in [-0.4, -0.2) is 36.1 Å². The topological polar surface area (TPSA) is 55.6 Å². The quantitative estimate of drug-likeness (QED) is 0.610. The van der Waals surface area contributed by atoms with Crippen molar-refractivity contribution in [3.05, 3.63) is 33.9 Å². The molecule has 0 radical (unpaired) electrons. The van der Waals surface area contributed by atoms with Gasteiger partial charge in [-0.3, -0.25) is 15.0 Å². The molecule has 1 aromatic carbocycles. The molecule has 1 aliphatic heterocycles. The van der Waals surface area contributed by atoms with Gasteiger partial charge in [-0.1, -0.05) is 0 Å². The molecular formula is C12H14F2N2O3. The van der Waals surface area contributed by atoms with Crippen molar-refractivity contribution in [2.24, 2.45) is 0 Å². The first-order chi connectivity index (χ1) is 9.08. The van der Waals surface area contributed by atoms with Gasteiger partial charge in [0, 0.05) is 18.7 Å². The van der Waals surface area contributed by atoms with Gasteiger partial charge in [0.25, 0.3) is 0 Å². The van der Waals surface area contributed by atoms with E-state index < -0.39 is 22.2 Å². The maximum absolute atomic E-state index is 13.3. The molecule has 0 aromatic heterocycles. The van der Waals surface area contributed by atoms with Crippen LogP contribution in [-0.2, 0) is 0 Å². The van der Waals surface area contributed by atoms with Gasteiger partial charge in [0.05, 0.1) is 4.92 Å². The fraction of sp³-hybridized carbons (Fsp3) is 0.500. The minimum Gasteiger partial charge on any atom is -0.492 e. The van der Waals surface area contributed by atoms with E-state index >= 15 is 0 Å². The summed E-state index contributed by atoms with van der Waals surface area (Å²) in [5.74, 6) is -2.47. The molecule has 0 atom stereocenters. The Hall–Kier alpha value is -1.76. The van der Waals surface area contributed by atoms with Crippen LogP contribution in [0.3, 0.4) is 0 Å². The summed E-state index contributed by atoms with van der Waals surface area (Å²) in [5, 5.41) is 10.4. The molecule has 0 saturated carbocycles. The third-order valence-electron chi connectivity index (χ3n) is 3.05. The largest absolute Gasteiger partial charge is 0.492 e. The molecule has 7 heteroatoms. The molecule has 1 saturated heterocycles. The van der Waals surface area contributed by atoms with Crippen molar-refractivity contribution in [1.82, 2.24) is 4.90 Å². The van der Waals surface area contributed by atoms with Gasteiger partial charge >= 0.3 is 5.69 Å². The molecule has 104 valence electrons. The zero-order chi connectivity index (χ0) is 13.8. The van der Waals surface area contributed by atoms with E-state index in [1.165, 1.54) is 0 Å². The van der Waals surface area contributed by atoms with Crippen LogP contribution in [0.1, 0.15) is 12.8 Å². The van der Waals surface area contributed by atoms with Crippen LogP contribution in [0, 0.1) is 21.7 Å². The van der Waals surface area contributed by atoms with E-state index in [-0.39, 0.29) is 5.75 Å². The highest BCUT2D eigenvalue weighted by Gasteiger charge is 2.22. The summed E-state index contributed by atoms with van der Waals surface area (Å²) in [6, 6.07) is 1.68. The van der Waals surface area contributed by atoms with E-state index in [1.807, 2.05) is 0 Å². The Kier molecular flexibility index (Phi) is 4.26. The zero-order valence-electron chi connectivity index (χ0n) is 10.3. The molecule has 0 aliphatic carbocycles. The van der Waals surface area contributed by atoms with Crippen LogP contribution < -0.4 is 4.74 Å². The minimum absolute atomic E-state index is 0.0280. The fourth-order valence-corrected chi connectivity index (χ4v) is 2.10. The highest BCUT2D eigenvalue weighted by Crippen LogP contribution is 2.26. The van der Waals surface area contributed by atoms with Crippen molar-refractivity contribution < 1.29 is 18.4 Å². The molecule has 0 spiro atoms. The van der Waals surface area contributed by atoms with Crippen LogP contribution >= 0.6 is 0 Å². The maximum Gasteiger partial charge on any atom is 0.340 e. The molecule has 5 nitrogen and oxygen atoms in total. The molecule has 1 heterocycles. The second kappa shape index (κ2) is 5.92. The van der Waals surface area contributed by atoms with E-state index in [0.29, 0.717) is 13.2 Å².